The zero-order chi connectivity index (χ0) is 11.3. The maximum atomic E-state index is 11.9. The van der Waals surface area contributed by atoms with Gasteiger partial charge in [0.1, 0.15) is 5.69 Å². The lowest BCUT2D eigenvalue weighted by Crippen LogP contribution is -2.34. The van der Waals surface area contributed by atoms with Crippen molar-refractivity contribution in [2.24, 2.45) is 0 Å². The number of amides is 1. The van der Waals surface area contributed by atoms with Crippen LogP contribution in [0.4, 0.5) is 0 Å². The van der Waals surface area contributed by atoms with Gasteiger partial charge in [0.15, 0.2) is 0 Å². The van der Waals surface area contributed by atoms with Crippen LogP contribution in [0.25, 0.3) is 0 Å². The van der Waals surface area contributed by atoms with Crippen LogP contribution in [0.2, 0.25) is 5.02 Å². The summed E-state index contributed by atoms with van der Waals surface area (Å²) in [6.07, 6.45) is 2.43. The van der Waals surface area contributed by atoms with E-state index in [9.17, 15) is 4.79 Å². The highest BCUT2D eigenvalue weighted by atomic mass is 35.5. The van der Waals surface area contributed by atoms with Crippen LogP contribution in [0.15, 0.2) is 12.3 Å². The van der Waals surface area contributed by atoms with E-state index >= 15 is 0 Å². The van der Waals surface area contributed by atoms with Crippen molar-refractivity contribution in [1.29, 1.82) is 0 Å². The number of carbonyl (C=O) groups excluding carboxylic acids is 1. The van der Waals surface area contributed by atoms with E-state index in [1.54, 1.807) is 17.2 Å². The molecule has 1 aromatic heterocycles. The van der Waals surface area contributed by atoms with E-state index in [4.69, 9.17) is 16.7 Å². The van der Waals surface area contributed by atoms with Gasteiger partial charge in [-0.2, -0.15) is 0 Å². The molecule has 4 nitrogen and oxygen atoms in total. The largest absolute Gasteiger partial charge is 0.395 e. The normalized spacial score (nSPS) is 10.3. The molecule has 15 heavy (non-hydrogen) atoms. The predicted octanol–water partition coefficient (Wildman–Crippen LogP) is 1.51. The Bertz CT molecular complexity index is 319. The third-order valence-electron chi connectivity index (χ3n) is 2.03. The summed E-state index contributed by atoms with van der Waals surface area (Å²) in [5, 5.41) is 9.35. The summed E-state index contributed by atoms with van der Waals surface area (Å²) in [5.74, 6) is -0.127. The van der Waals surface area contributed by atoms with E-state index in [1.807, 2.05) is 6.92 Å². The van der Waals surface area contributed by atoms with Gasteiger partial charge in [0, 0.05) is 19.3 Å². The number of halogens is 1. The van der Waals surface area contributed by atoms with Crippen LogP contribution >= 0.6 is 11.6 Å². The number of aromatic amines is 1. The van der Waals surface area contributed by atoms with Crippen LogP contribution in [0.1, 0.15) is 23.8 Å². The standard InChI is InChI=1S/C10H15ClN2O2/c1-2-3-13(4-5-14)10(15)9-6-8(11)7-12-9/h6-7,12,14H,2-5H2,1H3. The van der Waals surface area contributed by atoms with Crippen molar-refractivity contribution in [3.63, 3.8) is 0 Å². The summed E-state index contributed by atoms with van der Waals surface area (Å²) in [4.78, 5) is 16.3. The number of aliphatic hydroxyl groups is 1. The van der Waals surface area contributed by atoms with Crippen molar-refractivity contribution in [2.45, 2.75) is 13.3 Å². The zero-order valence-electron chi connectivity index (χ0n) is 8.66. The zero-order valence-corrected chi connectivity index (χ0v) is 9.42. The fourth-order valence-electron chi connectivity index (χ4n) is 1.37. The number of hydrogen-bond donors (Lipinski definition) is 2. The topological polar surface area (TPSA) is 56.3 Å². The molecule has 0 fully saturated rings. The number of rotatable bonds is 5. The maximum Gasteiger partial charge on any atom is 0.270 e. The molecular formula is C10H15ClN2O2. The Morgan fingerprint density at radius 1 is 1.60 bits per heavy atom. The summed E-state index contributed by atoms with van der Waals surface area (Å²) in [5.41, 5.74) is 0.460. The fourth-order valence-corrected chi connectivity index (χ4v) is 1.53. The lowest BCUT2D eigenvalue weighted by Gasteiger charge is -2.20. The van der Waals surface area contributed by atoms with Gasteiger partial charge >= 0.3 is 0 Å². The molecule has 1 aromatic rings. The molecule has 0 aromatic carbocycles. The van der Waals surface area contributed by atoms with Crippen LogP contribution in [-0.4, -0.2) is 40.6 Å². The molecule has 0 aliphatic heterocycles. The lowest BCUT2D eigenvalue weighted by atomic mass is 10.3. The van der Waals surface area contributed by atoms with Gasteiger partial charge in [-0.1, -0.05) is 18.5 Å². The van der Waals surface area contributed by atoms with Gasteiger partial charge in [0.25, 0.3) is 5.91 Å². The molecule has 2 N–H and O–H groups in total. The van der Waals surface area contributed by atoms with Gasteiger partial charge in [0.2, 0.25) is 0 Å². The molecule has 1 rings (SSSR count). The van der Waals surface area contributed by atoms with E-state index in [0.717, 1.165) is 6.42 Å². The average Bonchev–Trinajstić information content (AvgIpc) is 2.63. The Kier molecular flexibility index (Phi) is 4.65. The summed E-state index contributed by atoms with van der Waals surface area (Å²) in [7, 11) is 0. The first-order valence-corrected chi connectivity index (χ1v) is 5.31. The molecule has 0 spiro atoms. The van der Waals surface area contributed by atoms with Crippen molar-refractivity contribution in [3.8, 4) is 0 Å². The molecule has 0 radical (unpaired) electrons. The Morgan fingerprint density at radius 2 is 2.33 bits per heavy atom. The monoisotopic (exact) mass is 230 g/mol. The van der Waals surface area contributed by atoms with Gasteiger partial charge in [-0.05, 0) is 12.5 Å². The van der Waals surface area contributed by atoms with Crippen LogP contribution in [0.5, 0.6) is 0 Å². The van der Waals surface area contributed by atoms with Crippen molar-refractivity contribution < 1.29 is 9.90 Å². The van der Waals surface area contributed by atoms with Crippen LogP contribution in [0.3, 0.4) is 0 Å². The van der Waals surface area contributed by atoms with Gasteiger partial charge in [-0.25, -0.2) is 0 Å². The predicted molar refractivity (Wildman–Crippen MR) is 59.1 cm³/mol. The minimum Gasteiger partial charge on any atom is -0.395 e. The van der Waals surface area contributed by atoms with Crippen LogP contribution in [0, 0.1) is 0 Å². The lowest BCUT2D eigenvalue weighted by molar-refractivity contribution is 0.0717. The summed E-state index contributed by atoms with van der Waals surface area (Å²) in [6.45, 7) is 2.94. The van der Waals surface area contributed by atoms with E-state index < -0.39 is 0 Å². The smallest absolute Gasteiger partial charge is 0.270 e. The van der Waals surface area contributed by atoms with Crippen molar-refractivity contribution in [1.82, 2.24) is 9.88 Å². The highest BCUT2D eigenvalue weighted by molar-refractivity contribution is 6.30. The third-order valence-corrected chi connectivity index (χ3v) is 2.25. The van der Waals surface area contributed by atoms with Crippen molar-refractivity contribution in [2.75, 3.05) is 19.7 Å². The second-order valence-corrected chi connectivity index (χ2v) is 3.68. The molecule has 0 saturated carbocycles. The first-order valence-electron chi connectivity index (χ1n) is 4.93. The molecule has 0 unspecified atom stereocenters. The Morgan fingerprint density at radius 3 is 2.80 bits per heavy atom. The van der Waals surface area contributed by atoms with Gasteiger partial charge in [-0.15, -0.1) is 0 Å². The Labute approximate surface area is 93.8 Å². The molecule has 0 aliphatic carbocycles. The summed E-state index contributed by atoms with van der Waals surface area (Å²) in [6, 6.07) is 1.59. The second kappa shape index (κ2) is 5.78. The average molecular weight is 231 g/mol. The molecular weight excluding hydrogens is 216 g/mol. The summed E-state index contributed by atoms with van der Waals surface area (Å²) < 4.78 is 0. The maximum absolute atomic E-state index is 11.9. The first-order chi connectivity index (χ1) is 7.19. The minimum atomic E-state index is -0.127. The van der Waals surface area contributed by atoms with Crippen LogP contribution < -0.4 is 0 Å². The number of nitrogens with one attached hydrogen (secondary N) is 1. The SMILES string of the molecule is CCCN(CCO)C(=O)c1cc(Cl)c[nH]1. The highest BCUT2D eigenvalue weighted by Gasteiger charge is 2.15. The van der Waals surface area contributed by atoms with Crippen molar-refractivity contribution >= 4 is 17.5 Å². The summed E-state index contributed by atoms with van der Waals surface area (Å²) >= 11 is 5.71. The number of aromatic nitrogens is 1. The van der Waals surface area contributed by atoms with Gasteiger partial charge < -0.3 is 15.0 Å². The Balaban J connectivity index is 2.71. The second-order valence-electron chi connectivity index (χ2n) is 3.25. The number of carbonyl (C=O) groups is 1. The number of aliphatic hydroxyl groups excluding tert-OH is 1. The van der Waals surface area contributed by atoms with E-state index in [-0.39, 0.29) is 12.5 Å². The molecule has 0 saturated heterocycles. The molecule has 84 valence electrons. The van der Waals surface area contributed by atoms with Gasteiger partial charge in [-0.3, -0.25) is 4.79 Å². The van der Waals surface area contributed by atoms with Gasteiger partial charge in [0.05, 0.1) is 11.6 Å². The molecule has 1 amide bonds. The first kappa shape index (κ1) is 12.1. The number of H-pyrrole nitrogens is 1. The molecule has 1 heterocycles. The van der Waals surface area contributed by atoms with E-state index in [0.29, 0.717) is 23.8 Å². The third kappa shape index (κ3) is 3.25. The molecule has 0 bridgehead atoms. The van der Waals surface area contributed by atoms with Crippen LogP contribution in [-0.2, 0) is 0 Å². The molecule has 0 atom stereocenters. The van der Waals surface area contributed by atoms with Crippen molar-refractivity contribution in [3.05, 3.63) is 23.0 Å². The minimum absolute atomic E-state index is 0.0276. The van der Waals surface area contributed by atoms with E-state index in [1.165, 1.54) is 0 Å². The molecule has 0 aliphatic rings. The fraction of sp³-hybridized carbons (Fsp3) is 0.500. The number of hydrogen-bond acceptors (Lipinski definition) is 2. The number of nitrogens with zero attached hydrogens (tertiary/aromatic N) is 1. The Hall–Kier alpha value is -1.00. The highest BCUT2D eigenvalue weighted by Crippen LogP contribution is 2.11. The quantitative estimate of drug-likeness (QED) is 0.806. The van der Waals surface area contributed by atoms with E-state index in [2.05, 4.69) is 4.98 Å². The molecule has 5 heteroatoms.